The molecule has 0 aromatic carbocycles. The number of rotatable bonds is 4. The maximum absolute atomic E-state index is 11.1. The van der Waals surface area contributed by atoms with E-state index in [1.165, 1.54) is 0 Å². The van der Waals surface area contributed by atoms with Crippen molar-refractivity contribution < 1.29 is 9.53 Å². The van der Waals surface area contributed by atoms with E-state index in [9.17, 15) is 4.79 Å². The van der Waals surface area contributed by atoms with Crippen LogP contribution in [0.2, 0.25) is 0 Å². The van der Waals surface area contributed by atoms with Crippen LogP contribution < -0.4 is 5.32 Å². The van der Waals surface area contributed by atoms with Gasteiger partial charge in [-0.1, -0.05) is 12.2 Å². The van der Waals surface area contributed by atoms with Gasteiger partial charge in [-0.3, -0.25) is 0 Å². The molecule has 0 aliphatic carbocycles. The van der Waals surface area contributed by atoms with Gasteiger partial charge in [0.15, 0.2) is 0 Å². The van der Waals surface area contributed by atoms with Crippen LogP contribution in [0.15, 0.2) is 12.2 Å². The number of alkyl carbamates (subject to hydrolysis) is 1. The van der Waals surface area contributed by atoms with Gasteiger partial charge in [0, 0.05) is 6.54 Å². The molecule has 3 heteroatoms. The van der Waals surface area contributed by atoms with Crippen LogP contribution in [0.5, 0.6) is 0 Å². The quantitative estimate of drug-likeness (QED) is 0.558. The zero-order chi connectivity index (χ0) is 11.0. The average Bonchev–Trinajstić information content (AvgIpc) is 2.00. The molecule has 3 nitrogen and oxygen atoms in total. The maximum Gasteiger partial charge on any atom is 0.407 e. The minimum atomic E-state index is -0.409. The van der Waals surface area contributed by atoms with Crippen LogP contribution in [0.1, 0.15) is 40.5 Å². The van der Waals surface area contributed by atoms with Crippen LogP contribution in [-0.2, 0) is 4.74 Å². The van der Waals surface area contributed by atoms with Crippen molar-refractivity contribution in [3.63, 3.8) is 0 Å². The molecule has 0 spiro atoms. The smallest absolute Gasteiger partial charge is 0.407 e. The van der Waals surface area contributed by atoms with E-state index in [0.29, 0.717) is 6.54 Å². The molecule has 82 valence electrons. The summed E-state index contributed by atoms with van der Waals surface area (Å²) >= 11 is 0. The molecule has 0 unspecified atom stereocenters. The van der Waals surface area contributed by atoms with E-state index in [-0.39, 0.29) is 6.09 Å². The number of carbonyl (C=O) groups is 1. The van der Waals surface area contributed by atoms with Crippen LogP contribution in [0.25, 0.3) is 0 Å². The first-order valence-electron chi connectivity index (χ1n) is 5.03. The zero-order valence-electron chi connectivity index (χ0n) is 9.59. The van der Waals surface area contributed by atoms with Crippen molar-refractivity contribution in [2.45, 2.75) is 46.1 Å². The molecule has 0 bridgehead atoms. The average molecular weight is 199 g/mol. The van der Waals surface area contributed by atoms with Crippen molar-refractivity contribution in [3.05, 3.63) is 12.2 Å². The molecule has 0 saturated carbocycles. The summed E-state index contributed by atoms with van der Waals surface area (Å²) in [5, 5.41) is 2.70. The molecular weight excluding hydrogens is 178 g/mol. The second-order valence-electron chi connectivity index (χ2n) is 4.14. The molecular formula is C11H21NO2. The van der Waals surface area contributed by atoms with E-state index in [1.807, 2.05) is 33.8 Å². The van der Waals surface area contributed by atoms with Gasteiger partial charge in [-0.2, -0.15) is 0 Å². The fourth-order valence-electron chi connectivity index (χ4n) is 0.891. The number of carbonyl (C=O) groups excluding carboxylic acids is 1. The topological polar surface area (TPSA) is 38.3 Å². The minimum Gasteiger partial charge on any atom is -0.444 e. The number of allylic oxidation sites excluding steroid dienone is 2. The van der Waals surface area contributed by atoms with Crippen LogP contribution in [0, 0.1) is 0 Å². The summed E-state index contributed by atoms with van der Waals surface area (Å²) in [4.78, 5) is 11.1. The van der Waals surface area contributed by atoms with Gasteiger partial charge in [-0.05, 0) is 40.5 Å². The van der Waals surface area contributed by atoms with Crippen molar-refractivity contribution in [2.75, 3.05) is 6.54 Å². The summed E-state index contributed by atoms with van der Waals surface area (Å²) < 4.78 is 5.08. The summed E-state index contributed by atoms with van der Waals surface area (Å²) in [6, 6.07) is 0. The van der Waals surface area contributed by atoms with Crippen molar-refractivity contribution in [1.29, 1.82) is 0 Å². The Morgan fingerprint density at radius 3 is 2.57 bits per heavy atom. The number of ether oxygens (including phenoxy) is 1. The summed E-state index contributed by atoms with van der Waals surface area (Å²) in [5.41, 5.74) is -0.409. The zero-order valence-corrected chi connectivity index (χ0v) is 9.59. The SMILES string of the molecule is C/C=C/CCCNC(=O)OC(C)(C)C. The van der Waals surface area contributed by atoms with Gasteiger partial charge in [0.1, 0.15) is 5.60 Å². The molecule has 0 aromatic rings. The third kappa shape index (κ3) is 9.10. The van der Waals surface area contributed by atoms with Crippen LogP contribution >= 0.6 is 0 Å². The molecule has 0 aromatic heterocycles. The van der Waals surface area contributed by atoms with Gasteiger partial charge in [-0.25, -0.2) is 4.79 Å². The molecule has 0 fully saturated rings. The highest BCUT2D eigenvalue weighted by molar-refractivity contribution is 5.67. The summed E-state index contributed by atoms with van der Waals surface area (Å²) in [7, 11) is 0. The van der Waals surface area contributed by atoms with Crippen LogP contribution in [0.3, 0.4) is 0 Å². The standard InChI is InChI=1S/C11H21NO2/c1-5-6-7-8-9-12-10(13)14-11(2,3)4/h5-6H,7-9H2,1-4H3,(H,12,13)/b6-5+. The largest absolute Gasteiger partial charge is 0.444 e. The molecule has 14 heavy (non-hydrogen) atoms. The van der Waals surface area contributed by atoms with E-state index in [2.05, 4.69) is 11.4 Å². The number of nitrogens with one attached hydrogen (secondary N) is 1. The van der Waals surface area contributed by atoms with Crippen molar-refractivity contribution in [1.82, 2.24) is 5.32 Å². The highest BCUT2D eigenvalue weighted by Crippen LogP contribution is 2.06. The maximum atomic E-state index is 11.1. The van der Waals surface area contributed by atoms with Gasteiger partial charge in [0.2, 0.25) is 0 Å². The Labute approximate surface area is 86.5 Å². The highest BCUT2D eigenvalue weighted by Gasteiger charge is 2.15. The van der Waals surface area contributed by atoms with Gasteiger partial charge >= 0.3 is 6.09 Å². The summed E-state index contributed by atoms with van der Waals surface area (Å²) in [6.45, 7) is 8.21. The molecule has 0 heterocycles. The molecule has 0 aliphatic heterocycles. The molecule has 0 aliphatic rings. The Hall–Kier alpha value is -0.990. The van der Waals surface area contributed by atoms with Gasteiger partial charge < -0.3 is 10.1 Å². The van der Waals surface area contributed by atoms with E-state index in [1.54, 1.807) is 0 Å². The van der Waals surface area contributed by atoms with Crippen molar-refractivity contribution >= 4 is 6.09 Å². The monoisotopic (exact) mass is 199 g/mol. The lowest BCUT2D eigenvalue weighted by Crippen LogP contribution is -2.32. The second kappa shape index (κ2) is 6.46. The number of unbranched alkanes of at least 4 members (excludes halogenated alkanes) is 1. The third-order valence-corrected chi connectivity index (χ3v) is 1.45. The second-order valence-corrected chi connectivity index (χ2v) is 4.14. The van der Waals surface area contributed by atoms with E-state index in [0.717, 1.165) is 12.8 Å². The lowest BCUT2D eigenvalue weighted by atomic mass is 10.2. The highest BCUT2D eigenvalue weighted by atomic mass is 16.6. The fraction of sp³-hybridized carbons (Fsp3) is 0.727. The summed E-state index contributed by atoms with van der Waals surface area (Å²) in [6.07, 6.45) is 5.69. The van der Waals surface area contributed by atoms with Gasteiger partial charge in [0.05, 0.1) is 0 Å². The van der Waals surface area contributed by atoms with Crippen molar-refractivity contribution in [2.24, 2.45) is 0 Å². The van der Waals surface area contributed by atoms with Crippen LogP contribution in [-0.4, -0.2) is 18.2 Å². The van der Waals surface area contributed by atoms with Crippen LogP contribution in [0.4, 0.5) is 4.79 Å². The first-order valence-corrected chi connectivity index (χ1v) is 5.03. The number of hydrogen-bond donors (Lipinski definition) is 1. The molecule has 0 saturated heterocycles. The normalized spacial score (nSPS) is 11.7. The molecule has 0 rings (SSSR count). The van der Waals surface area contributed by atoms with E-state index in [4.69, 9.17) is 4.74 Å². The Bertz CT molecular complexity index is 192. The van der Waals surface area contributed by atoms with Crippen molar-refractivity contribution in [3.8, 4) is 0 Å². The lowest BCUT2D eigenvalue weighted by molar-refractivity contribution is 0.0527. The molecule has 1 N–H and O–H groups in total. The first kappa shape index (κ1) is 13.0. The Kier molecular flexibility index (Phi) is 6.00. The van der Waals surface area contributed by atoms with Gasteiger partial charge in [0.25, 0.3) is 0 Å². The third-order valence-electron chi connectivity index (χ3n) is 1.45. The first-order chi connectivity index (χ1) is 6.45. The van der Waals surface area contributed by atoms with Gasteiger partial charge in [-0.15, -0.1) is 0 Å². The Balaban J connectivity index is 3.45. The fourth-order valence-corrected chi connectivity index (χ4v) is 0.891. The minimum absolute atomic E-state index is 0.335. The predicted molar refractivity (Wildman–Crippen MR) is 58.3 cm³/mol. The lowest BCUT2D eigenvalue weighted by Gasteiger charge is -2.19. The molecule has 0 atom stereocenters. The Morgan fingerprint density at radius 1 is 1.43 bits per heavy atom. The van der Waals surface area contributed by atoms with E-state index < -0.39 is 5.60 Å². The van der Waals surface area contributed by atoms with E-state index >= 15 is 0 Å². The molecule has 0 radical (unpaired) electrons. The number of amides is 1. The molecule has 1 amide bonds. The number of hydrogen-bond acceptors (Lipinski definition) is 2. The Morgan fingerprint density at radius 2 is 2.07 bits per heavy atom. The summed E-state index contributed by atoms with van der Waals surface area (Å²) in [5.74, 6) is 0. The predicted octanol–water partition coefficient (Wildman–Crippen LogP) is 2.87.